The molecule has 206 valence electrons. The van der Waals surface area contributed by atoms with E-state index in [1.54, 1.807) is 0 Å². The Balaban J connectivity index is 2.97. The van der Waals surface area contributed by atoms with Gasteiger partial charge in [-0.15, -0.1) is 0 Å². The average molecular weight is 515 g/mol. The summed E-state index contributed by atoms with van der Waals surface area (Å²) in [5.41, 5.74) is -0.572. The molecule has 7 heteroatoms. The van der Waals surface area contributed by atoms with Gasteiger partial charge in [-0.3, -0.25) is 4.79 Å². The van der Waals surface area contributed by atoms with Crippen LogP contribution in [0.15, 0.2) is 12.2 Å². The lowest BCUT2D eigenvalue weighted by molar-refractivity contribution is -0.153. The van der Waals surface area contributed by atoms with Crippen LogP contribution in [0.3, 0.4) is 0 Å². The van der Waals surface area contributed by atoms with Crippen LogP contribution in [0.2, 0.25) is 18.1 Å². The van der Waals surface area contributed by atoms with Crippen molar-refractivity contribution in [3.8, 4) is 0 Å². The molecule has 0 spiro atoms. The fourth-order valence-electron chi connectivity index (χ4n) is 4.70. The Bertz CT molecular complexity index is 713. The van der Waals surface area contributed by atoms with Crippen molar-refractivity contribution in [2.24, 2.45) is 17.8 Å². The zero-order valence-electron chi connectivity index (χ0n) is 24.7. The maximum atomic E-state index is 11.4. The second-order valence-corrected chi connectivity index (χ2v) is 17.6. The van der Waals surface area contributed by atoms with E-state index >= 15 is 0 Å². The van der Waals surface area contributed by atoms with E-state index in [9.17, 15) is 9.90 Å². The number of carbonyl (C=O) groups excluding carboxylic acids is 1. The van der Waals surface area contributed by atoms with Crippen LogP contribution in [0.1, 0.15) is 89.0 Å². The molecule has 7 atom stereocenters. The standard InChI is InChI=1S/C28H54O6Si/c1-14-24-28(11,34-27(9,10)32-24)16-15-23(30)19(2)17-20(3)25(21(4)18-31-22(5)29)33-35(12,13)26(6,7)8/h15-16,19-21,23-25,30H,14,17-18H2,1-13H3/b16-15+/t19-,20+,21+,23?,24-,25+,28+/m1/s1. The van der Waals surface area contributed by atoms with Gasteiger partial charge in [0.15, 0.2) is 14.1 Å². The van der Waals surface area contributed by atoms with Gasteiger partial charge >= 0.3 is 5.97 Å². The summed E-state index contributed by atoms with van der Waals surface area (Å²) in [4.78, 5) is 11.4. The molecule has 0 aromatic heterocycles. The summed E-state index contributed by atoms with van der Waals surface area (Å²) in [6, 6.07) is 0. The molecule has 0 aliphatic carbocycles. The van der Waals surface area contributed by atoms with E-state index in [-0.39, 0.29) is 41.0 Å². The van der Waals surface area contributed by atoms with E-state index < -0.39 is 25.8 Å². The van der Waals surface area contributed by atoms with Crippen molar-refractivity contribution in [2.45, 2.75) is 137 Å². The summed E-state index contributed by atoms with van der Waals surface area (Å²) < 4.78 is 24.4. The third-order valence-corrected chi connectivity index (χ3v) is 12.2. The van der Waals surface area contributed by atoms with Crippen molar-refractivity contribution in [2.75, 3.05) is 6.61 Å². The Hall–Kier alpha value is -0.733. The number of rotatable bonds is 12. The fraction of sp³-hybridized carbons (Fsp3) is 0.893. The van der Waals surface area contributed by atoms with Crippen LogP contribution in [0.5, 0.6) is 0 Å². The minimum absolute atomic E-state index is 0.0201. The smallest absolute Gasteiger partial charge is 0.302 e. The summed E-state index contributed by atoms with van der Waals surface area (Å²) in [7, 11) is -2.04. The Morgan fingerprint density at radius 3 is 2.17 bits per heavy atom. The van der Waals surface area contributed by atoms with Gasteiger partial charge in [-0.2, -0.15) is 0 Å². The lowest BCUT2D eigenvalue weighted by Gasteiger charge is -2.43. The lowest BCUT2D eigenvalue weighted by atomic mass is 9.84. The molecule has 0 bridgehead atoms. The van der Waals surface area contributed by atoms with Crippen molar-refractivity contribution in [1.82, 2.24) is 0 Å². The Morgan fingerprint density at radius 1 is 1.11 bits per heavy atom. The Morgan fingerprint density at radius 2 is 1.69 bits per heavy atom. The number of aliphatic hydroxyl groups excluding tert-OH is 1. The maximum Gasteiger partial charge on any atom is 0.302 e. The molecule has 1 heterocycles. The first-order valence-electron chi connectivity index (χ1n) is 13.3. The molecule has 1 fully saturated rings. The fourth-order valence-corrected chi connectivity index (χ4v) is 6.20. The number of carbonyl (C=O) groups is 1. The van der Waals surface area contributed by atoms with E-state index in [2.05, 4.69) is 61.6 Å². The lowest BCUT2D eigenvalue weighted by Crippen LogP contribution is -2.48. The van der Waals surface area contributed by atoms with Gasteiger partial charge < -0.3 is 23.7 Å². The van der Waals surface area contributed by atoms with Gasteiger partial charge in [0.2, 0.25) is 0 Å². The molecule has 0 radical (unpaired) electrons. The molecule has 1 aliphatic rings. The summed E-state index contributed by atoms with van der Waals surface area (Å²) in [5.74, 6) is -0.663. The van der Waals surface area contributed by atoms with Gasteiger partial charge in [0.25, 0.3) is 0 Å². The highest BCUT2D eigenvalue weighted by atomic mass is 28.4. The van der Waals surface area contributed by atoms with Gasteiger partial charge in [-0.05, 0) is 63.6 Å². The topological polar surface area (TPSA) is 74.2 Å². The van der Waals surface area contributed by atoms with Crippen LogP contribution >= 0.6 is 0 Å². The third-order valence-electron chi connectivity index (χ3n) is 7.76. The molecule has 0 saturated carbocycles. The van der Waals surface area contributed by atoms with E-state index in [1.165, 1.54) is 6.92 Å². The molecule has 0 amide bonds. The summed E-state index contributed by atoms with van der Waals surface area (Å²) in [5, 5.41) is 11.1. The highest BCUT2D eigenvalue weighted by Gasteiger charge is 2.48. The molecular weight excluding hydrogens is 460 g/mol. The van der Waals surface area contributed by atoms with Crippen molar-refractivity contribution in [1.29, 1.82) is 0 Å². The molecule has 0 aromatic rings. The molecular formula is C28H54O6Si. The molecule has 1 unspecified atom stereocenters. The first-order valence-corrected chi connectivity index (χ1v) is 16.2. The summed E-state index contributed by atoms with van der Waals surface area (Å²) in [6.07, 6.45) is 4.70. The van der Waals surface area contributed by atoms with Crippen LogP contribution in [0.25, 0.3) is 0 Å². The number of ether oxygens (including phenoxy) is 3. The first kappa shape index (κ1) is 32.3. The van der Waals surface area contributed by atoms with Gasteiger partial charge in [0, 0.05) is 12.8 Å². The predicted molar refractivity (Wildman–Crippen MR) is 145 cm³/mol. The Labute approximate surface area is 216 Å². The number of hydrogen-bond donors (Lipinski definition) is 1. The molecule has 0 aromatic carbocycles. The molecule has 1 rings (SSSR count). The highest BCUT2D eigenvalue weighted by Crippen LogP contribution is 2.41. The van der Waals surface area contributed by atoms with Crippen LogP contribution in [-0.2, 0) is 23.4 Å². The molecule has 35 heavy (non-hydrogen) atoms. The molecule has 6 nitrogen and oxygen atoms in total. The average Bonchev–Trinajstić information content (AvgIpc) is 2.95. The number of esters is 1. The summed E-state index contributed by atoms with van der Waals surface area (Å²) >= 11 is 0. The highest BCUT2D eigenvalue weighted by molar-refractivity contribution is 6.74. The number of hydrogen-bond acceptors (Lipinski definition) is 6. The van der Waals surface area contributed by atoms with Crippen LogP contribution in [-0.4, -0.2) is 55.7 Å². The van der Waals surface area contributed by atoms with Gasteiger partial charge in [0.05, 0.1) is 24.9 Å². The minimum atomic E-state index is -2.04. The van der Waals surface area contributed by atoms with Gasteiger partial charge in [0.1, 0.15) is 5.60 Å². The van der Waals surface area contributed by atoms with E-state index in [1.807, 2.05) is 32.9 Å². The summed E-state index contributed by atoms with van der Waals surface area (Å²) in [6.45, 7) is 27.3. The normalized spacial score (nSPS) is 27.4. The first-order chi connectivity index (χ1) is 15.7. The SMILES string of the molecule is CC[C@H]1OC(C)(C)O[C@@]1(C)/C=C/C(O)[C@H](C)C[C@H](C)[C@H](O[Si](C)(C)C(C)(C)C)[C@@H](C)COC(C)=O. The number of aliphatic hydroxyl groups is 1. The van der Waals surface area contributed by atoms with Crippen LogP contribution in [0.4, 0.5) is 0 Å². The van der Waals surface area contributed by atoms with E-state index in [0.29, 0.717) is 6.61 Å². The largest absolute Gasteiger partial charge is 0.465 e. The zero-order chi connectivity index (χ0) is 27.4. The van der Waals surface area contributed by atoms with Crippen molar-refractivity contribution in [3.63, 3.8) is 0 Å². The van der Waals surface area contributed by atoms with E-state index in [0.717, 1.165) is 12.8 Å². The zero-order valence-corrected chi connectivity index (χ0v) is 25.7. The second-order valence-electron chi connectivity index (χ2n) is 12.9. The second kappa shape index (κ2) is 12.2. The van der Waals surface area contributed by atoms with Crippen LogP contribution < -0.4 is 0 Å². The molecule has 1 N–H and O–H groups in total. The van der Waals surface area contributed by atoms with Gasteiger partial charge in [-0.1, -0.05) is 60.6 Å². The van der Waals surface area contributed by atoms with E-state index in [4.69, 9.17) is 18.6 Å². The van der Waals surface area contributed by atoms with Crippen molar-refractivity contribution in [3.05, 3.63) is 12.2 Å². The Kier molecular flexibility index (Phi) is 11.3. The van der Waals surface area contributed by atoms with Crippen LogP contribution in [0, 0.1) is 17.8 Å². The quantitative estimate of drug-likeness (QED) is 0.183. The van der Waals surface area contributed by atoms with Crippen molar-refractivity contribution >= 4 is 14.3 Å². The van der Waals surface area contributed by atoms with Gasteiger partial charge in [-0.25, -0.2) is 0 Å². The third kappa shape index (κ3) is 9.26. The maximum absolute atomic E-state index is 11.4. The minimum Gasteiger partial charge on any atom is -0.465 e. The predicted octanol–water partition coefficient (Wildman–Crippen LogP) is 6.48. The molecule has 1 saturated heterocycles. The molecule has 1 aliphatic heterocycles. The monoisotopic (exact) mass is 514 g/mol. The van der Waals surface area contributed by atoms with Crippen molar-refractivity contribution < 1.29 is 28.5 Å².